The number of urea groups is 1. The van der Waals surface area contributed by atoms with Crippen molar-refractivity contribution in [2.45, 2.75) is 31.3 Å². The van der Waals surface area contributed by atoms with Crippen LogP contribution in [0.2, 0.25) is 0 Å². The van der Waals surface area contributed by atoms with Crippen molar-refractivity contribution in [1.82, 2.24) is 20.5 Å². The van der Waals surface area contributed by atoms with Crippen molar-refractivity contribution in [2.24, 2.45) is 0 Å². The van der Waals surface area contributed by atoms with Gasteiger partial charge in [0.15, 0.2) is 0 Å². The number of fused-ring (bicyclic) bond motifs is 2. The molecule has 1 aliphatic heterocycles. The van der Waals surface area contributed by atoms with Crippen molar-refractivity contribution in [3.8, 4) is 0 Å². The summed E-state index contributed by atoms with van der Waals surface area (Å²) in [5.74, 6) is -0.752. The maximum atomic E-state index is 13.1. The average Bonchev–Trinajstić information content (AvgIpc) is 2.92. The lowest BCUT2D eigenvalue weighted by atomic mass is 9.76. The molecule has 0 radical (unpaired) electrons. The van der Waals surface area contributed by atoms with Gasteiger partial charge < -0.3 is 10.6 Å². The van der Waals surface area contributed by atoms with Gasteiger partial charge in [-0.25, -0.2) is 4.79 Å². The molecule has 1 saturated heterocycles. The number of nitrogens with zero attached hydrogens (tertiary/aromatic N) is 2. The lowest BCUT2D eigenvalue weighted by molar-refractivity contribution is -0.135. The number of aryl methyl sites for hydroxylation is 1. The molecule has 2 aromatic rings. The molecule has 0 unspecified atom stereocenters. The summed E-state index contributed by atoms with van der Waals surface area (Å²) in [5.41, 5.74) is 1.57. The second-order valence-corrected chi connectivity index (χ2v) is 6.84. The number of aromatic nitrogens is 1. The molecule has 1 fully saturated rings. The predicted molar refractivity (Wildman–Crippen MR) is 97.4 cm³/mol. The number of rotatable bonds is 4. The Morgan fingerprint density at radius 2 is 2.00 bits per heavy atom. The summed E-state index contributed by atoms with van der Waals surface area (Å²) in [6.45, 7) is -0.0568. The fourth-order valence-corrected chi connectivity index (χ4v) is 3.85. The highest BCUT2D eigenvalue weighted by Crippen LogP contribution is 2.39. The third-order valence-electron chi connectivity index (χ3n) is 5.15. The second-order valence-electron chi connectivity index (χ2n) is 6.84. The number of pyridine rings is 1. The first-order valence-corrected chi connectivity index (χ1v) is 8.99. The second kappa shape index (κ2) is 6.83. The highest BCUT2D eigenvalue weighted by Gasteiger charge is 2.54. The number of nitrogens with one attached hydrogen (secondary N) is 2. The fourth-order valence-electron chi connectivity index (χ4n) is 3.85. The van der Waals surface area contributed by atoms with Crippen LogP contribution in [-0.2, 0) is 28.1 Å². The average molecular weight is 364 g/mol. The van der Waals surface area contributed by atoms with Gasteiger partial charge >= 0.3 is 6.03 Å². The first kappa shape index (κ1) is 17.2. The van der Waals surface area contributed by atoms with Crippen LogP contribution in [0, 0.1) is 0 Å². The van der Waals surface area contributed by atoms with Crippen molar-refractivity contribution >= 4 is 17.8 Å². The van der Waals surface area contributed by atoms with E-state index in [4.69, 9.17) is 0 Å². The summed E-state index contributed by atoms with van der Waals surface area (Å²) in [6.07, 6.45) is 3.87. The molecule has 7 nitrogen and oxygen atoms in total. The Morgan fingerprint density at radius 1 is 1.19 bits per heavy atom. The van der Waals surface area contributed by atoms with Crippen LogP contribution in [0.4, 0.5) is 4.79 Å². The Hall–Kier alpha value is -3.22. The zero-order valence-electron chi connectivity index (χ0n) is 14.8. The topological polar surface area (TPSA) is 91.4 Å². The molecule has 7 heteroatoms. The summed E-state index contributed by atoms with van der Waals surface area (Å²) >= 11 is 0. The fraction of sp³-hybridized carbons (Fsp3) is 0.300. The standard InChI is InChI=1S/C20H20N4O3/c25-17(22-12-15-8-3-4-11-21-15)13-24-18(26)20(23-19(24)27)10-5-7-14-6-1-2-9-16(14)20/h1-4,6,8-9,11H,5,7,10,12-13H2,(H,22,25)(H,23,27)/t20-/m0/s1. The maximum Gasteiger partial charge on any atom is 0.325 e. The Morgan fingerprint density at radius 3 is 2.81 bits per heavy atom. The minimum atomic E-state index is -1.05. The maximum absolute atomic E-state index is 13.1. The van der Waals surface area contributed by atoms with Gasteiger partial charge in [-0.1, -0.05) is 30.3 Å². The van der Waals surface area contributed by atoms with E-state index in [1.54, 1.807) is 18.3 Å². The summed E-state index contributed by atoms with van der Waals surface area (Å²) in [7, 11) is 0. The van der Waals surface area contributed by atoms with Crippen molar-refractivity contribution in [3.63, 3.8) is 0 Å². The smallest absolute Gasteiger partial charge is 0.325 e. The highest BCUT2D eigenvalue weighted by atomic mass is 16.2. The molecule has 138 valence electrons. The van der Waals surface area contributed by atoms with Gasteiger partial charge in [-0.05, 0) is 42.5 Å². The molecule has 1 aromatic heterocycles. The van der Waals surface area contributed by atoms with Crippen LogP contribution in [-0.4, -0.2) is 34.3 Å². The number of carbonyl (C=O) groups is 3. The van der Waals surface area contributed by atoms with E-state index < -0.39 is 17.5 Å². The Balaban J connectivity index is 1.48. The van der Waals surface area contributed by atoms with Gasteiger partial charge in [0.05, 0.1) is 12.2 Å². The van der Waals surface area contributed by atoms with Crippen LogP contribution in [0.1, 0.15) is 29.7 Å². The number of imide groups is 1. The normalized spacial score (nSPS) is 21.1. The summed E-state index contributed by atoms with van der Waals surface area (Å²) < 4.78 is 0. The molecule has 4 amide bonds. The quantitative estimate of drug-likeness (QED) is 0.804. The lowest BCUT2D eigenvalue weighted by Gasteiger charge is -2.33. The zero-order chi connectivity index (χ0) is 18.9. The van der Waals surface area contributed by atoms with Crippen molar-refractivity contribution in [1.29, 1.82) is 0 Å². The summed E-state index contributed by atoms with van der Waals surface area (Å²) in [5, 5.41) is 5.55. The number of amides is 4. The van der Waals surface area contributed by atoms with Crippen LogP contribution >= 0.6 is 0 Å². The predicted octanol–water partition coefficient (Wildman–Crippen LogP) is 1.48. The van der Waals surface area contributed by atoms with E-state index in [2.05, 4.69) is 15.6 Å². The largest absolute Gasteiger partial charge is 0.349 e. The third kappa shape index (κ3) is 3.05. The van der Waals surface area contributed by atoms with E-state index in [0.717, 1.165) is 28.9 Å². The Kier molecular flexibility index (Phi) is 4.35. The van der Waals surface area contributed by atoms with Crippen molar-refractivity contribution in [2.75, 3.05) is 6.54 Å². The molecule has 0 bridgehead atoms. The molecule has 2 N–H and O–H groups in total. The van der Waals surface area contributed by atoms with E-state index in [1.165, 1.54) is 0 Å². The van der Waals surface area contributed by atoms with Crippen LogP contribution in [0.15, 0.2) is 48.7 Å². The minimum absolute atomic E-state index is 0.247. The minimum Gasteiger partial charge on any atom is -0.349 e. The number of hydrogen-bond donors (Lipinski definition) is 2. The van der Waals surface area contributed by atoms with Crippen molar-refractivity contribution in [3.05, 3.63) is 65.5 Å². The van der Waals surface area contributed by atoms with Crippen molar-refractivity contribution < 1.29 is 14.4 Å². The van der Waals surface area contributed by atoms with Gasteiger partial charge in [-0.3, -0.25) is 19.5 Å². The Bertz CT molecular complexity index is 899. The van der Waals surface area contributed by atoms with E-state index >= 15 is 0 Å². The molecule has 1 atom stereocenters. The van der Waals surface area contributed by atoms with E-state index in [-0.39, 0.29) is 19.0 Å². The first-order chi connectivity index (χ1) is 13.1. The summed E-state index contributed by atoms with van der Waals surface area (Å²) in [6, 6.07) is 12.6. The van der Waals surface area contributed by atoms with Gasteiger partial charge in [-0.2, -0.15) is 0 Å². The molecule has 27 heavy (non-hydrogen) atoms. The molecule has 1 spiro atoms. The van der Waals surface area contributed by atoms with E-state index in [1.807, 2.05) is 30.3 Å². The van der Waals surface area contributed by atoms with Crippen LogP contribution in [0.25, 0.3) is 0 Å². The van der Waals surface area contributed by atoms with Gasteiger partial charge in [0.1, 0.15) is 12.1 Å². The van der Waals surface area contributed by atoms with Gasteiger partial charge in [0.25, 0.3) is 5.91 Å². The van der Waals surface area contributed by atoms with Gasteiger partial charge in [0, 0.05) is 6.20 Å². The molecule has 2 heterocycles. The molecular weight excluding hydrogens is 344 g/mol. The molecule has 4 rings (SSSR count). The number of carbonyl (C=O) groups excluding carboxylic acids is 3. The van der Waals surface area contributed by atoms with E-state index in [9.17, 15) is 14.4 Å². The third-order valence-corrected chi connectivity index (χ3v) is 5.15. The monoisotopic (exact) mass is 364 g/mol. The van der Waals surface area contributed by atoms with Crippen LogP contribution in [0.3, 0.4) is 0 Å². The molecular formula is C20H20N4O3. The molecule has 1 aliphatic carbocycles. The lowest BCUT2D eigenvalue weighted by Crippen LogP contribution is -2.47. The van der Waals surface area contributed by atoms with Gasteiger partial charge in [-0.15, -0.1) is 0 Å². The molecule has 1 aromatic carbocycles. The zero-order valence-corrected chi connectivity index (χ0v) is 14.8. The first-order valence-electron chi connectivity index (χ1n) is 8.99. The van der Waals surface area contributed by atoms with Crippen LogP contribution in [0.5, 0.6) is 0 Å². The number of hydrogen-bond acceptors (Lipinski definition) is 4. The summed E-state index contributed by atoms with van der Waals surface area (Å²) in [4.78, 5) is 43.0. The van der Waals surface area contributed by atoms with Gasteiger partial charge in [0.2, 0.25) is 5.91 Å². The van der Waals surface area contributed by atoms with Crippen LogP contribution < -0.4 is 10.6 Å². The van der Waals surface area contributed by atoms with E-state index in [0.29, 0.717) is 12.1 Å². The molecule has 0 saturated carbocycles. The highest BCUT2D eigenvalue weighted by molar-refractivity contribution is 6.09. The number of benzene rings is 1. The molecule has 2 aliphatic rings. The SMILES string of the molecule is O=C(CN1C(=O)N[C@]2(CCCc3ccccc32)C1=O)NCc1ccccn1. The Labute approximate surface area is 156 Å².